The molecule has 0 aliphatic rings. The zero-order valence-corrected chi connectivity index (χ0v) is 10.4. The van der Waals surface area contributed by atoms with Crippen molar-refractivity contribution in [3.8, 4) is 11.5 Å². The molecule has 0 atom stereocenters. The van der Waals surface area contributed by atoms with Crippen LogP contribution in [0.5, 0.6) is 11.5 Å². The molecule has 0 aliphatic carbocycles. The van der Waals surface area contributed by atoms with Crippen molar-refractivity contribution < 1.29 is 14.3 Å². The first-order valence-corrected chi connectivity index (χ1v) is 6.46. The summed E-state index contributed by atoms with van der Waals surface area (Å²) in [5.41, 5.74) is 0.531. The van der Waals surface area contributed by atoms with Gasteiger partial charge in [-0.05, 0) is 30.6 Å². The highest BCUT2D eigenvalue weighted by atomic mass is 32.2. The second-order valence-electron chi connectivity index (χ2n) is 3.19. The Kier molecular flexibility index (Phi) is 5.78. The summed E-state index contributed by atoms with van der Waals surface area (Å²) in [6.07, 6.45) is 3.80. The summed E-state index contributed by atoms with van der Waals surface area (Å²) in [6.45, 7) is 0.599. The van der Waals surface area contributed by atoms with E-state index in [1.54, 1.807) is 37.1 Å². The molecule has 88 valence electrons. The molecule has 1 aromatic carbocycles. The summed E-state index contributed by atoms with van der Waals surface area (Å²) in [6, 6.07) is 5.29. The number of methoxy groups -OCH3 is 1. The Morgan fingerprint density at radius 1 is 1.44 bits per heavy atom. The average molecular weight is 240 g/mol. The third kappa shape index (κ3) is 3.45. The highest BCUT2D eigenvalue weighted by Gasteiger charge is 2.09. The Labute approximate surface area is 100 Å². The highest BCUT2D eigenvalue weighted by molar-refractivity contribution is 7.98. The molecule has 0 spiro atoms. The zero-order chi connectivity index (χ0) is 11.8. The fourth-order valence-electron chi connectivity index (χ4n) is 1.32. The molecular formula is C12H16O3S. The van der Waals surface area contributed by atoms with Gasteiger partial charge in [0.05, 0.1) is 19.3 Å². The Balaban J connectivity index is 2.71. The van der Waals surface area contributed by atoms with Gasteiger partial charge in [-0.2, -0.15) is 11.8 Å². The van der Waals surface area contributed by atoms with Gasteiger partial charge in [0.1, 0.15) is 0 Å². The normalized spacial score (nSPS) is 9.88. The van der Waals surface area contributed by atoms with Crippen molar-refractivity contribution in [3.05, 3.63) is 23.8 Å². The van der Waals surface area contributed by atoms with Gasteiger partial charge in [0.25, 0.3) is 0 Å². The number of thioether (sulfide) groups is 1. The van der Waals surface area contributed by atoms with Gasteiger partial charge in [0.15, 0.2) is 17.8 Å². The van der Waals surface area contributed by atoms with E-state index in [4.69, 9.17) is 9.47 Å². The van der Waals surface area contributed by atoms with E-state index in [9.17, 15) is 4.79 Å². The van der Waals surface area contributed by atoms with Crippen LogP contribution in [-0.4, -0.2) is 32.0 Å². The summed E-state index contributed by atoms with van der Waals surface area (Å²) >= 11 is 1.78. The lowest BCUT2D eigenvalue weighted by atomic mass is 10.2. The molecule has 0 amide bonds. The van der Waals surface area contributed by atoms with E-state index in [0.29, 0.717) is 23.7 Å². The first kappa shape index (κ1) is 12.9. The molecule has 0 unspecified atom stereocenters. The summed E-state index contributed by atoms with van der Waals surface area (Å²) in [4.78, 5) is 10.8. The monoisotopic (exact) mass is 240 g/mol. The topological polar surface area (TPSA) is 35.5 Å². The largest absolute Gasteiger partial charge is 0.493 e. The van der Waals surface area contributed by atoms with Crippen LogP contribution in [-0.2, 0) is 0 Å². The molecule has 0 saturated carbocycles. The summed E-state index contributed by atoms with van der Waals surface area (Å²) in [5, 5.41) is 0. The number of benzene rings is 1. The molecule has 0 saturated heterocycles. The number of hydrogen-bond donors (Lipinski definition) is 0. The molecule has 0 aromatic heterocycles. The predicted molar refractivity (Wildman–Crippen MR) is 66.9 cm³/mol. The first-order chi connectivity index (χ1) is 7.83. The minimum Gasteiger partial charge on any atom is -0.493 e. The number of hydrogen-bond acceptors (Lipinski definition) is 4. The molecule has 3 nitrogen and oxygen atoms in total. The van der Waals surface area contributed by atoms with Crippen molar-refractivity contribution in [1.82, 2.24) is 0 Å². The second-order valence-corrected chi connectivity index (χ2v) is 4.18. The van der Waals surface area contributed by atoms with Gasteiger partial charge in [-0.25, -0.2) is 0 Å². The molecule has 1 aromatic rings. The minimum atomic E-state index is 0.531. The van der Waals surface area contributed by atoms with Crippen LogP contribution in [0.15, 0.2) is 18.2 Å². The van der Waals surface area contributed by atoms with Crippen LogP contribution in [0.1, 0.15) is 16.8 Å². The first-order valence-electron chi connectivity index (χ1n) is 5.07. The predicted octanol–water partition coefficient (Wildman–Crippen LogP) is 2.64. The van der Waals surface area contributed by atoms with Crippen molar-refractivity contribution in [2.75, 3.05) is 25.7 Å². The fraction of sp³-hybridized carbons (Fsp3) is 0.417. The van der Waals surface area contributed by atoms with Crippen LogP contribution in [0.4, 0.5) is 0 Å². The summed E-state index contributed by atoms with van der Waals surface area (Å²) in [7, 11) is 1.57. The van der Waals surface area contributed by atoms with E-state index >= 15 is 0 Å². The Morgan fingerprint density at radius 2 is 2.25 bits per heavy atom. The number of rotatable bonds is 7. The van der Waals surface area contributed by atoms with Crippen LogP contribution in [0.25, 0.3) is 0 Å². The van der Waals surface area contributed by atoms with Gasteiger partial charge in [-0.3, -0.25) is 4.79 Å². The highest BCUT2D eigenvalue weighted by Crippen LogP contribution is 2.30. The molecular weight excluding hydrogens is 224 g/mol. The van der Waals surface area contributed by atoms with Gasteiger partial charge in [-0.15, -0.1) is 0 Å². The van der Waals surface area contributed by atoms with Gasteiger partial charge in [0, 0.05) is 0 Å². The molecule has 0 bridgehead atoms. The Hall–Kier alpha value is -1.16. The number of ether oxygens (including phenoxy) is 2. The van der Waals surface area contributed by atoms with Crippen LogP contribution < -0.4 is 9.47 Å². The fourth-order valence-corrected chi connectivity index (χ4v) is 1.72. The molecule has 16 heavy (non-hydrogen) atoms. The maximum atomic E-state index is 10.8. The second kappa shape index (κ2) is 7.17. The zero-order valence-electron chi connectivity index (χ0n) is 9.56. The lowest BCUT2D eigenvalue weighted by Crippen LogP contribution is -2.02. The van der Waals surface area contributed by atoms with E-state index in [-0.39, 0.29) is 0 Å². The van der Waals surface area contributed by atoms with E-state index in [1.165, 1.54) is 0 Å². The number of aldehydes is 1. The van der Waals surface area contributed by atoms with E-state index in [1.807, 2.05) is 0 Å². The van der Waals surface area contributed by atoms with Crippen LogP contribution >= 0.6 is 11.8 Å². The standard InChI is InChI=1S/C12H16O3S/c1-14-11-6-3-5-10(9-13)12(11)15-7-4-8-16-2/h3,5-6,9H,4,7-8H2,1-2H3. The summed E-state index contributed by atoms with van der Waals surface area (Å²) < 4.78 is 10.7. The third-order valence-electron chi connectivity index (χ3n) is 2.10. The lowest BCUT2D eigenvalue weighted by molar-refractivity contribution is 0.111. The van der Waals surface area contributed by atoms with E-state index < -0.39 is 0 Å². The third-order valence-corrected chi connectivity index (χ3v) is 2.79. The number of carbonyl (C=O) groups excluding carboxylic acids is 1. The van der Waals surface area contributed by atoms with Gasteiger partial charge in [0.2, 0.25) is 0 Å². The Bertz CT molecular complexity index is 339. The number of carbonyl (C=O) groups is 1. The lowest BCUT2D eigenvalue weighted by Gasteiger charge is -2.12. The van der Waals surface area contributed by atoms with Gasteiger partial charge < -0.3 is 9.47 Å². The van der Waals surface area contributed by atoms with Crippen molar-refractivity contribution in [1.29, 1.82) is 0 Å². The molecule has 4 heteroatoms. The summed E-state index contributed by atoms with van der Waals surface area (Å²) in [5.74, 6) is 2.20. The van der Waals surface area contributed by atoms with Gasteiger partial charge >= 0.3 is 0 Å². The van der Waals surface area contributed by atoms with Crippen molar-refractivity contribution in [2.24, 2.45) is 0 Å². The smallest absolute Gasteiger partial charge is 0.171 e. The Morgan fingerprint density at radius 3 is 2.88 bits per heavy atom. The molecule has 0 aliphatic heterocycles. The van der Waals surface area contributed by atoms with Crippen molar-refractivity contribution in [3.63, 3.8) is 0 Å². The molecule has 0 fully saturated rings. The molecule has 1 rings (SSSR count). The van der Waals surface area contributed by atoms with Crippen LogP contribution in [0.3, 0.4) is 0 Å². The molecule has 0 radical (unpaired) electrons. The molecule has 0 N–H and O–H groups in total. The SMILES string of the molecule is COc1cccc(C=O)c1OCCCSC. The number of para-hydroxylation sites is 1. The van der Waals surface area contributed by atoms with Crippen LogP contribution in [0.2, 0.25) is 0 Å². The van der Waals surface area contributed by atoms with Crippen molar-refractivity contribution >= 4 is 18.0 Å². The quantitative estimate of drug-likeness (QED) is 0.542. The van der Waals surface area contributed by atoms with E-state index in [2.05, 4.69) is 6.26 Å². The average Bonchev–Trinajstić information content (AvgIpc) is 2.34. The molecule has 0 heterocycles. The maximum absolute atomic E-state index is 10.8. The van der Waals surface area contributed by atoms with Crippen LogP contribution in [0, 0.1) is 0 Å². The minimum absolute atomic E-state index is 0.531. The maximum Gasteiger partial charge on any atom is 0.171 e. The van der Waals surface area contributed by atoms with Gasteiger partial charge in [-0.1, -0.05) is 6.07 Å². The van der Waals surface area contributed by atoms with E-state index in [0.717, 1.165) is 18.5 Å². The van der Waals surface area contributed by atoms with Crippen molar-refractivity contribution in [2.45, 2.75) is 6.42 Å².